The van der Waals surface area contributed by atoms with E-state index in [4.69, 9.17) is 4.74 Å². The first-order valence-corrected chi connectivity index (χ1v) is 11.2. The quantitative estimate of drug-likeness (QED) is 0.370. The largest absolute Gasteiger partial charge is 1.00 e. The van der Waals surface area contributed by atoms with E-state index in [0.29, 0.717) is 51.0 Å². The number of carbonyl (C=O) groups is 1. The standard InChI is InChI=1S/C25H27F6NO3.Na/c26-24(27,28)20-13-18(14-21(15-20)25(29,30)31)16-35-17-23(19-5-2-1-3-6-19)8-11-32(12-9-23)10-4-7-22(33)34;/h1-3,5-6,13-15H,4,7-12,16-17H2,(H,33,34);/q;+1/p-1. The van der Waals surface area contributed by atoms with Crippen LogP contribution in [0.3, 0.4) is 0 Å². The van der Waals surface area contributed by atoms with Gasteiger partial charge in [0.2, 0.25) is 0 Å². The van der Waals surface area contributed by atoms with Gasteiger partial charge < -0.3 is 19.5 Å². The van der Waals surface area contributed by atoms with Crippen LogP contribution >= 0.6 is 0 Å². The third kappa shape index (κ3) is 8.48. The predicted octanol–water partition coefficient (Wildman–Crippen LogP) is 1.81. The van der Waals surface area contributed by atoms with Gasteiger partial charge in [0.05, 0.1) is 24.3 Å². The second kappa shape index (κ2) is 12.8. The topological polar surface area (TPSA) is 52.6 Å². The molecule has 1 heterocycles. The van der Waals surface area contributed by atoms with Gasteiger partial charge in [-0.15, -0.1) is 0 Å². The molecule has 0 aliphatic carbocycles. The average molecular weight is 525 g/mol. The Morgan fingerprint density at radius 3 is 2.00 bits per heavy atom. The molecule has 0 N–H and O–H groups in total. The number of benzene rings is 2. The first-order chi connectivity index (χ1) is 16.4. The number of ether oxygens (including phenoxy) is 1. The van der Waals surface area contributed by atoms with Gasteiger partial charge >= 0.3 is 41.9 Å². The summed E-state index contributed by atoms with van der Waals surface area (Å²) in [6.07, 6.45) is -8.08. The molecule has 1 aliphatic rings. The molecule has 1 fully saturated rings. The number of nitrogens with zero attached hydrogens (tertiary/aromatic N) is 1. The SMILES string of the molecule is O=C([O-])CCCN1CCC(COCc2cc(C(F)(F)F)cc(C(F)(F)F)c2)(c2ccccc2)CC1.[Na+]. The zero-order valence-corrected chi connectivity index (χ0v) is 21.9. The van der Waals surface area contributed by atoms with Gasteiger partial charge in [-0.1, -0.05) is 30.3 Å². The Morgan fingerprint density at radius 1 is 0.944 bits per heavy atom. The second-order valence-electron chi connectivity index (χ2n) is 8.87. The molecular weight excluding hydrogens is 499 g/mol. The number of carboxylic acid groups (broad SMARTS) is 1. The first kappa shape index (κ1) is 30.6. The second-order valence-corrected chi connectivity index (χ2v) is 8.87. The van der Waals surface area contributed by atoms with E-state index in [9.17, 15) is 36.2 Å². The number of aliphatic carboxylic acids is 1. The Morgan fingerprint density at radius 2 is 1.50 bits per heavy atom. The van der Waals surface area contributed by atoms with Gasteiger partial charge in [-0.3, -0.25) is 0 Å². The van der Waals surface area contributed by atoms with Gasteiger partial charge in [0.25, 0.3) is 0 Å². The van der Waals surface area contributed by atoms with Crippen molar-refractivity contribution in [2.45, 2.75) is 50.1 Å². The van der Waals surface area contributed by atoms with Crippen LogP contribution in [-0.4, -0.2) is 37.1 Å². The van der Waals surface area contributed by atoms with Crippen LogP contribution in [0.25, 0.3) is 0 Å². The summed E-state index contributed by atoms with van der Waals surface area (Å²) in [5, 5.41) is 10.6. The zero-order valence-electron chi connectivity index (χ0n) is 19.9. The van der Waals surface area contributed by atoms with Crippen LogP contribution < -0.4 is 34.7 Å². The van der Waals surface area contributed by atoms with Crippen molar-refractivity contribution in [3.05, 3.63) is 70.8 Å². The smallest absolute Gasteiger partial charge is 0.550 e. The van der Waals surface area contributed by atoms with Crippen LogP contribution in [-0.2, 0) is 33.9 Å². The number of alkyl halides is 6. The number of rotatable bonds is 9. The summed E-state index contributed by atoms with van der Waals surface area (Å²) in [4.78, 5) is 12.8. The van der Waals surface area contributed by atoms with E-state index >= 15 is 0 Å². The number of piperidine rings is 1. The third-order valence-electron chi connectivity index (χ3n) is 6.35. The molecule has 2 aromatic rings. The number of likely N-dealkylation sites (tertiary alicyclic amines) is 1. The maximum Gasteiger partial charge on any atom is 1.00 e. The van der Waals surface area contributed by atoms with Crippen molar-refractivity contribution < 1.29 is 70.5 Å². The van der Waals surface area contributed by atoms with E-state index in [1.165, 1.54) is 0 Å². The van der Waals surface area contributed by atoms with E-state index < -0.39 is 41.5 Å². The molecule has 0 amide bonds. The Labute approximate surface area is 227 Å². The Bertz CT molecular complexity index is 957. The molecule has 0 aromatic heterocycles. The minimum absolute atomic E-state index is 0. The number of hydrogen-bond donors (Lipinski definition) is 0. The molecule has 2 aromatic carbocycles. The minimum atomic E-state index is -4.91. The van der Waals surface area contributed by atoms with Gasteiger partial charge in [0.15, 0.2) is 0 Å². The Hall–Kier alpha value is -1.59. The molecule has 192 valence electrons. The summed E-state index contributed by atoms with van der Waals surface area (Å²) >= 11 is 0. The minimum Gasteiger partial charge on any atom is -0.550 e. The normalized spacial score (nSPS) is 16.4. The van der Waals surface area contributed by atoms with Crippen LogP contribution in [0.2, 0.25) is 0 Å². The summed E-state index contributed by atoms with van der Waals surface area (Å²) in [5.74, 6) is -1.10. The summed E-state index contributed by atoms with van der Waals surface area (Å²) in [6, 6.07) is 10.9. The molecule has 0 radical (unpaired) electrons. The fraction of sp³-hybridized carbons (Fsp3) is 0.480. The van der Waals surface area contributed by atoms with Crippen molar-refractivity contribution >= 4 is 5.97 Å². The summed E-state index contributed by atoms with van der Waals surface area (Å²) < 4.78 is 84.7. The van der Waals surface area contributed by atoms with Crippen LogP contribution in [0, 0.1) is 0 Å². The molecule has 4 nitrogen and oxygen atoms in total. The maximum atomic E-state index is 13.2. The monoisotopic (exact) mass is 525 g/mol. The van der Waals surface area contributed by atoms with Crippen molar-refractivity contribution in [2.24, 2.45) is 0 Å². The summed E-state index contributed by atoms with van der Waals surface area (Å²) in [7, 11) is 0. The molecule has 36 heavy (non-hydrogen) atoms. The van der Waals surface area contributed by atoms with Crippen molar-refractivity contribution in [3.63, 3.8) is 0 Å². The zero-order chi connectivity index (χ0) is 25.7. The number of hydrogen-bond acceptors (Lipinski definition) is 4. The average Bonchev–Trinajstić information content (AvgIpc) is 2.79. The van der Waals surface area contributed by atoms with E-state index in [1.807, 2.05) is 30.3 Å². The first-order valence-electron chi connectivity index (χ1n) is 11.2. The van der Waals surface area contributed by atoms with Gasteiger partial charge in [-0.2, -0.15) is 26.3 Å². The number of carboxylic acids is 1. The molecule has 0 bridgehead atoms. The van der Waals surface area contributed by atoms with Gasteiger partial charge in [0, 0.05) is 11.4 Å². The van der Waals surface area contributed by atoms with Crippen molar-refractivity contribution in [1.82, 2.24) is 4.90 Å². The van der Waals surface area contributed by atoms with E-state index in [2.05, 4.69) is 4.90 Å². The Kier molecular flexibility index (Phi) is 10.9. The molecular formula is C25H26F6NNaO3. The third-order valence-corrected chi connectivity index (χ3v) is 6.35. The van der Waals surface area contributed by atoms with Crippen molar-refractivity contribution in [2.75, 3.05) is 26.2 Å². The van der Waals surface area contributed by atoms with Crippen molar-refractivity contribution in [3.8, 4) is 0 Å². The molecule has 11 heteroatoms. The molecule has 3 rings (SSSR count). The molecule has 0 spiro atoms. The fourth-order valence-corrected chi connectivity index (χ4v) is 4.43. The maximum absolute atomic E-state index is 13.2. The molecule has 1 aliphatic heterocycles. The molecule has 0 unspecified atom stereocenters. The number of halogens is 6. The molecule has 0 atom stereocenters. The van der Waals surface area contributed by atoms with Gasteiger partial charge in [0.1, 0.15) is 0 Å². The van der Waals surface area contributed by atoms with E-state index in [-0.39, 0.29) is 54.2 Å². The molecule has 0 saturated carbocycles. The van der Waals surface area contributed by atoms with Crippen molar-refractivity contribution in [1.29, 1.82) is 0 Å². The van der Waals surface area contributed by atoms with Crippen LogP contribution in [0.1, 0.15) is 47.9 Å². The number of carbonyl (C=O) groups excluding carboxylic acids is 1. The van der Waals surface area contributed by atoms with Crippen LogP contribution in [0.4, 0.5) is 26.3 Å². The van der Waals surface area contributed by atoms with Gasteiger partial charge in [-0.05, 0) is 74.6 Å². The van der Waals surface area contributed by atoms with Gasteiger partial charge in [-0.25, -0.2) is 0 Å². The van der Waals surface area contributed by atoms with E-state index in [0.717, 1.165) is 5.56 Å². The molecule has 1 saturated heterocycles. The summed E-state index contributed by atoms with van der Waals surface area (Å²) in [6.45, 7) is 1.66. The fourth-order valence-electron chi connectivity index (χ4n) is 4.43. The Balaban J connectivity index is 0.00000456. The summed E-state index contributed by atoms with van der Waals surface area (Å²) in [5.41, 5.74) is -2.41. The van der Waals surface area contributed by atoms with Crippen LogP contribution in [0.15, 0.2) is 48.5 Å². The van der Waals surface area contributed by atoms with Crippen LogP contribution in [0.5, 0.6) is 0 Å². The van der Waals surface area contributed by atoms with E-state index in [1.54, 1.807) is 0 Å². The predicted molar refractivity (Wildman–Crippen MR) is 114 cm³/mol.